The van der Waals surface area contributed by atoms with E-state index in [0.29, 0.717) is 32.7 Å². The molecule has 1 aliphatic rings. The van der Waals surface area contributed by atoms with E-state index in [1.165, 1.54) is 0 Å². The maximum Gasteiger partial charge on any atom is 0.317 e. The van der Waals surface area contributed by atoms with Gasteiger partial charge in [-0.15, -0.1) is 0 Å². The Morgan fingerprint density at radius 1 is 1.17 bits per heavy atom. The maximum absolute atomic E-state index is 12.8. The Morgan fingerprint density at radius 3 is 2.22 bits per heavy atom. The number of piperazine rings is 1. The zero-order valence-corrected chi connectivity index (χ0v) is 14.7. The summed E-state index contributed by atoms with van der Waals surface area (Å²) >= 11 is 0. The summed E-state index contributed by atoms with van der Waals surface area (Å²) in [4.78, 5) is 28.2. The Bertz CT molecular complexity index is 588. The molecule has 7 heteroatoms. The van der Waals surface area contributed by atoms with Gasteiger partial charge in [0.25, 0.3) is 0 Å². The van der Waals surface area contributed by atoms with E-state index in [1.807, 2.05) is 44.3 Å². The van der Waals surface area contributed by atoms with Crippen molar-refractivity contribution in [3.8, 4) is 0 Å². The van der Waals surface area contributed by atoms with Gasteiger partial charge in [0.05, 0.1) is 11.6 Å². The minimum Gasteiger partial charge on any atom is -0.339 e. The van der Waals surface area contributed by atoms with E-state index in [1.54, 1.807) is 4.90 Å². The number of hydrogen-bond acceptors (Lipinski definition) is 3. The molecular formula is C16H27N5O2. The van der Waals surface area contributed by atoms with Crippen molar-refractivity contribution in [1.29, 1.82) is 0 Å². The monoisotopic (exact) mass is 321 g/mol. The molecule has 1 aromatic rings. The van der Waals surface area contributed by atoms with Crippen molar-refractivity contribution in [2.24, 2.45) is 7.05 Å². The molecule has 1 fully saturated rings. The average Bonchev–Trinajstić information content (AvgIpc) is 2.79. The van der Waals surface area contributed by atoms with E-state index in [2.05, 4.69) is 10.4 Å². The van der Waals surface area contributed by atoms with Crippen molar-refractivity contribution in [2.75, 3.05) is 32.7 Å². The van der Waals surface area contributed by atoms with E-state index in [0.717, 1.165) is 17.0 Å². The van der Waals surface area contributed by atoms with Crippen molar-refractivity contribution in [3.63, 3.8) is 0 Å². The minimum atomic E-state index is -0.209. The first-order valence-corrected chi connectivity index (χ1v) is 8.18. The molecular weight excluding hydrogens is 294 g/mol. The summed E-state index contributed by atoms with van der Waals surface area (Å²) < 4.78 is 1.82. The van der Waals surface area contributed by atoms with Gasteiger partial charge < -0.3 is 15.1 Å². The molecule has 128 valence electrons. The molecule has 1 N–H and O–H groups in total. The van der Waals surface area contributed by atoms with Crippen molar-refractivity contribution in [2.45, 2.75) is 33.6 Å². The molecule has 0 saturated carbocycles. The first kappa shape index (κ1) is 17.3. The molecule has 1 saturated heterocycles. The third-order valence-corrected chi connectivity index (χ3v) is 4.57. The molecule has 2 rings (SSSR count). The summed E-state index contributed by atoms with van der Waals surface area (Å²) in [6, 6.07) is -0.0494. The van der Waals surface area contributed by atoms with Crippen LogP contribution in [-0.2, 0) is 11.8 Å². The molecule has 1 aromatic heterocycles. The van der Waals surface area contributed by atoms with E-state index >= 15 is 0 Å². The largest absolute Gasteiger partial charge is 0.339 e. The van der Waals surface area contributed by atoms with E-state index < -0.39 is 0 Å². The van der Waals surface area contributed by atoms with Crippen LogP contribution in [0.25, 0.3) is 0 Å². The van der Waals surface area contributed by atoms with Gasteiger partial charge in [0.15, 0.2) is 0 Å². The highest BCUT2D eigenvalue weighted by molar-refractivity contribution is 5.84. The number of nitrogens with zero attached hydrogens (tertiary/aromatic N) is 4. The van der Waals surface area contributed by atoms with Gasteiger partial charge in [0, 0.05) is 51.0 Å². The summed E-state index contributed by atoms with van der Waals surface area (Å²) in [6.45, 7) is 10.7. The number of aryl methyl sites for hydroxylation is 2. The third-order valence-electron chi connectivity index (χ3n) is 4.57. The second-order valence-electron chi connectivity index (χ2n) is 6.08. The van der Waals surface area contributed by atoms with Crippen LogP contribution >= 0.6 is 0 Å². The van der Waals surface area contributed by atoms with Gasteiger partial charge in [-0.05, 0) is 27.7 Å². The van der Waals surface area contributed by atoms with Crippen LogP contribution in [0.15, 0.2) is 0 Å². The third kappa shape index (κ3) is 3.48. The van der Waals surface area contributed by atoms with Crippen LogP contribution in [0.2, 0.25) is 0 Å². The standard InChI is InChI=1S/C16H27N5O2/c1-6-17-16(23)21-9-7-20(8-10-21)15(22)11(2)14-12(3)18-19(5)13(14)4/h11H,6-10H2,1-5H3,(H,17,23). The second-order valence-corrected chi connectivity index (χ2v) is 6.08. The van der Waals surface area contributed by atoms with Crippen LogP contribution in [0.5, 0.6) is 0 Å². The molecule has 0 aliphatic carbocycles. The Kier molecular flexibility index (Phi) is 5.28. The van der Waals surface area contributed by atoms with Crippen LogP contribution < -0.4 is 5.32 Å². The zero-order chi connectivity index (χ0) is 17.1. The molecule has 2 heterocycles. The Labute approximate surface area is 137 Å². The van der Waals surface area contributed by atoms with Gasteiger partial charge in [-0.25, -0.2) is 4.79 Å². The van der Waals surface area contributed by atoms with Crippen LogP contribution in [0.1, 0.15) is 36.7 Å². The fraction of sp³-hybridized carbons (Fsp3) is 0.688. The lowest BCUT2D eigenvalue weighted by Gasteiger charge is -2.36. The van der Waals surface area contributed by atoms with Gasteiger partial charge in [-0.1, -0.05) is 0 Å². The Balaban J connectivity index is 2.01. The van der Waals surface area contributed by atoms with Gasteiger partial charge >= 0.3 is 6.03 Å². The number of amides is 3. The van der Waals surface area contributed by atoms with Crippen molar-refractivity contribution in [3.05, 3.63) is 17.0 Å². The number of carbonyl (C=O) groups excluding carboxylic acids is 2. The number of nitrogens with one attached hydrogen (secondary N) is 1. The number of carbonyl (C=O) groups is 2. The number of hydrogen-bond donors (Lipinski definition) is 1. The normalized spacial score (nSPS) is 16.4. The molecule has 1 atom stereocenters. The molecule has 1 unspecified atom stereocenters. The second kappa shape index (κ2) is 7.02. The van der Waals surface area contributed by atoms with Crippen LogP contribution in [0, 0.1) is 13.8 Å². The SMILES string of the molecule is CCNC(=O)N1CCN(C(=O)C(C)c2c(C)nn(C)c2C)CC1. The van der Waals surface area contributed by atoms with Gasteiger partial charge in [-0.2, -0.15) is 5.10 Å². The Morgan fingerprint density at radius 2 is 1.74 bits per heavy atom. The molecule has 3 amide bonds. The molecule has 23 heavy (non-hydrogen) atoms. The smallest absolute Gasteiger partial charge is 0.317 e. The van der Waals surface area contributed by atoms with Crippen LogP contribution in [-0.4, -0.2) is 64.2 Å². The lowest BCUT2D eigenvalue weighted by Crippen LogP contribution is -2.53. The summed E-state index contributed by atoms with van der Waals surface area (Å²) in [6.07, 6.45) is 0. The summed E-state index contributed by atoms with van der Waals surface area (Å²) in [5.41, 5.74) is 2.96. The lowest BCUT2D eigenvalue weighted by atomic mass is 9.97. The van der Waals surface area contributed by atoms with Crippen molar-refractivity contribution in [1.82, 2.24) is 24.9 Å². The average molecular weight is 321 g/mol. The predicted molar refractivity (Wildman–Crippen MR) is 88.3 cm³/mol. The minimum absolute atomic E-state index is 0.0494. The lowest BCUT2D eigenvalue weighted by molar-refractivity contribution is -0.133. The highest BCUT2D eigenvalue weighted by atomic mass is 16.2. The number of rotatable bonds is 3. The first-order valence-electron chi connectivity index (χ1n) is 8.18. The quantitative estimate of drug-likeness (QED) is 0.903. The van der Waals surface area contributed by atoms with Gasteiger partial charge in [-0.3, -0.25) is 9.48 Å². The van der Waals surface area contributed by atoms with Crippen LogP contribution in [0.4, 0.5) is 4.79 Å². The van der Waals surface area contributed by atoms with Gasteiger partial charge in [0.1, 0.15) is 0 Å². The van der Waals surface area contributed by atoms with Crippen LogP contribution in [0.3, 0.4) is 0 Å². The first-order chi connectivity index (χ1) is 10.9. The molecule has 0 spiro atoms. The van der Waals surface area contributed by atoms with Gasteiger partial charge in [0.2, 0.25) is 5.91 Å². The molecule has 1 aliphatic heterocycles. The molecule has 0 radical (unpaired) electrons. The summed E-state index contributed by atoms with van der Waals surface area (Å²) in [5.74, 6) is -0.0977. The maximum atomic E-state index is 12.8. The number of aromatic nitrogens is 2. The fourth-order valence-electron chi connectivity index (χ4n) is 3.21. The fourth-order valence-corrected chi connectivity index (χ4v) is 3.21. The molecule has 7 nitrogen and oxygen atoms in total. The number of urea groups is 1. The molecule has 0 bridgehead atoms. The summed E-state index contributed by atoms with van der Waals surface area (Å²) in [7, 11) is 1.90. The van der Waals surface area contributed by atoms with E-state index in [-0.39, 0.29) is 17.9 Å². The van der Waals surface area contributed by atoms with Crippen molar-refractivity contribution < 1.29 is 9.59 Å². The molecule has 0 aromatic carbocycles. The highest BCUT2D eigenvalue weighted by Gasteiger charge is 2.29. The topological polar surface area (TPSA) is 70.5 Å². The van der Waals surface area contributed by atoms with E-state index in [9.17, 15) is 9.59 Å². The highest BCUT2D eigenvalue weighted by Crippen LogP contribution is 2.25. The summed E-state index contributed by atoms with van der Waals surface area (Å²) in [5, 5.41) is 7.20. The predicted octanol–water partition coefficient (Wildman–Crippen LogP) is 1.01. The Hall–Kier alpha value is -2.05. The van der Waals surface area contributed by atoms with E-state index in [4.69, 9.17) is 0 Å². The zero-order valence-electron chi connectivity index (χ0n) is 14.7. The van der Waals surface area contributed by atoms with Crippen molar-refractivity contribution >= 4 is 11.9 Å².